The number of carbonyl (C=O) groups excluding carboxylic acids is 4. The Morgan fingerprint density at radius 2 is 0.520 bits per heavy atom. The highest BCUT2D eigenvalue weighted by atomic mass is 31.2. The Morgan fingerprint density at radius 3 is 0.776 bits per heavy atom. The summed E-state index contributed by atoms with van der Waals surface area (Å²) in [6.07, 6.45) is 57.0. The minimum absolute atomic E-state index is 0.105. The number of hydrogen-bond acceptors (Lipinski definition) is 15. The van der Waals surface area contributed by atoms with E-state index in [0.29, 0.717) is 25.7 Å². The quantitative estimate of drug-likeness (QED) is 0.0222. The van der Waals surface area contributed by atoms with Crippen molar-refractivity contribution in [3.8, 4) is 0 Å². The molecule has 19 heteroatoms. The molecule has 0 aromatic heterocycles. The number of unbranched alkanes of at least 4 members (excludes halogenated alkanes) is 44. The summed E-state index contributed by atoms with van der Waals surface area (Å²) in [5.74, 6) is 0.140. The van der Waals surface area contributed by atoms with Crippen molar-refractivity contribution in [3.05, 3.63) is 0 Å². The van der Waals surface area contributed by atoms with Crippen LogP contribution in [0.4, 0.5) is 0 Å². The number of esters is 4. The average molecular weight is 1440 g/mol. The first-order valence-electron chi connectivity index (χ1n) is 40.9. The van der Waals surface area contributed by atoms with E-state index in [0.717, 1.165) is 108 Å². The number of rotatable bonds is 77. The largest absolute Gasteiger partial charge is 0.472 e. The summed E-state index contributed by atoms with van der Waals surface area (Å²) in [5, 5.41) is 10.6. The molecule has 0 amide bonds. The normalized spacial score (nSPS) is 14.3. The van der Waals surface area contributed by atoms with Crippen molar-refractivity contribution in [2.75, 3.05) is 39.6 Å². The molecule has 0 heterocycles. The SMILES string of the molecule is CCCCCCCCCCCCCCCCCCCCCCCCC(=O)O[C@H](COC(=O)CCCCCCCCCCCC(C)C)COP(=O)(O)OC[C@@H](O)COP(=O)(O)OC[C@@H](COC(=O)CCCCCCCCCCC(C)CC)OC(=O)CCCCCCCCCCCC(C)C. The van der Waals surface area contributed by atoms with E-state index >= 15 is 0 Å². The summed E-state index contributed by atoms with van der Waals surface area (Å²) in [6, 6.07) is 0. The summed E-state index contributed by atoms with van der Waals surface area (Å²) in [7, 11) is -9.92. The van der Waals surface area contributed by atoms with Crippen LogP contribution in [0.5, 0.6) is 0 Å². The standard InChI is InChI=1S/C79H154O17P2/c1-8-10-11-12-13-14-15-16-17-18-19-20-21-22-23-24-25-26-31-41-48-55-62-78(83)95-74(66-89-76(81)60-53-46-39-32-27-29-36-43-50-57-70(3)4)68-93-97(85,86)91-64-73(80)65-92-98(87,88)94-69-75(96-79(84)63-56-49-42-33-28-30-37-44-51-58-71(5)6)67-90-77(82)61-54-47-40-35-34-38-45-52-59-72(7)9-2/h70-75,80H,8-69H2,1-7H3,(H,85,86)(H,87,88)/t72?,73-,74-,75-/m1/s1. The highest BCUT2D eigenvalue weighted by Gasteiger charge is 2.30. The van der Waals surface area contributed by atoms with Crippen LogP contribution in [-0.2, 0) is 65.4 Å². The third-order valence-electron chi connectivity index (χ3n) is 18.7. The molecule has 582 valence electrons. The lowest BCUT2D eigenvalue weighted by Crippen LogP contribution is -2.30. The van der Waals surface area contributed by atoms with Crippen molar-refractivity contribution in [3.63, 3.8) is 0 Å². The van der Waals surface area contributed by atoms with E-state index in [4.69, 9.17) is 37.0 Å². The zero-order chi connectivity index (χ0) is 72.3. The second-order valence-corrected chi connectivity index (χ2v) is 32.6. The predicted octanol–water partition coefficient (Wildman–Crippen LogP) is 23.4. The van der Waals surface area contributed by atoms with Gasteiger partial charge < -0.3 is 33.8 Å². The van der Waals surface area contributed by atoms with Crippen molar-refractivity contribution >= 4 is 39.5 Å². The van der Waals surface area contributed by atoms with E-state index in [1.54, 1.807) is 0 Å². The topological polar surface area (TPSA) is 237 Å². The molecule has 0 bridgehead atoms. The van der Waals surface area contributed by atoms with Crippen LogP contribution >= 0.6 is 15.6 Å². The van der Waals surface area contributed by atoms with Crippen molar-refractivity contribution in [1.82, 2.24) is 0 Å². The fourth-order valence-electron chi connectivity index (χ4n) is 12.1. The van der Waals surface area contributed by atoms with E-state index in [9.17, 15) is 43.2 Å². The number of aliphatic hydroxyl groups excluding tert-OH is 1. The van der Waals surface area contributed by atoms with Gasteiger partial charge in [-0.25, -0.2) is 9.13 Å². The second kappa shape index (κ2) is 69.4. The Balaban J connectivity index is 5.20. The number of carbonyl (C=O) groups is 4. The minimum atomic E-state index is -4.96. The van der Waals surface area contributed by atoms with Gasteiger partial charge in [-0.05, 0) is 43.4 Å². The molecular weight excluding hydrogens is 1280 g/mol. The molecule has 98 heavy (non-hydrogen) atoms. The van der Waals surface area contributed by atoms with Gasteiger partial charge in [0.05, 0.1) is 26.4 Å². The van der Waals surface area contributed by atoms with Crippen LogP contribution < -0.4 is 0 Å². The third-order valence-corrected chi connectivity index (χ3v) is 20.6. The fraction of sp³-hybridized carbons (Fsp3) is 0.949. The van der Waals surface area contributed by atoms with Crippen LogP contribution in [-0.4, -0.2) is 96.7 Å². The van der Waals surface area contributed by atoms with Gasteiger partial charge in [0.15, 0.2) is 12.2 Å². The Hall–Kier alpha value is -1.94. The number of hydrogen-bond donors (Lipinski definition) is 3. The van der Waals surface area contributed by atoms with E-state index in [-0.39, 0.29) is 25.7 Å². The van der Waals surface area contributed by atoms with E-state index in [2.05, 4.69) is 48.5 Å². The summed E-state index contributed by atoms with van der Waals surface area (Å²) >= 11 is 0. The molecule has 3 unspecified atom stereocenters. The zero-order valence-corrected chi connectivity index (χ0v) is 66.0. The van der Waals surface area contributed by atoms with Crippen LogP contribution in [0.2, 0.25) is 0 Å². The predicted molar refractivity (Wildman–Crippen MR) is 400 cm³/mol. The molecule has 17 nitrogen and oxygen atoms in total. The maximum atomic E-state index is 13.1. The summed E-state index contributed by atoms with van der Waals surface area (Å²) in [6.45, 7) is 11.9. The average Bonchev–Trinajstić information content (AvgIpc) is 1.29. The van der Waals surface area contributed by atoms with E-state index in [1.165, 1.54) is 218 Å². The first-order valence-corrected chi connectivity index (χ1v) is 43.9. The molecule has 0 spiro atoms. The van der Waals surface area contributed by atoms with Crippen LogP contribution in [0.1, 0.15) is 408 Å². The Morgan fingerprint density at radius 1 is 0.296 bits per heavy atom. The monoisotopic (exact) mass is 1440 g/mol. The molecule has 0 aliphatic carbocycles. The van der Waals surface area contributed by atoms with Crippen LogP contribution in [0.3, 0.4) is 0 Å². The number of phosphoric acid groups is 2. The zero-order valence-electron chi connectivity index (χ0n) is 64.3. The van der Waals surface area contributed by atoms with Crippen LogP contribution in [0.15, 0.2) is 0 Å². The molecular formula is C79H154O17P2. The smallest absolute Gasteiger partial charge is 0.462 e. The minimum Gasteiger partial charge on any atom is -0.462 e. The molecule has 0 aromatic rings. The fourth-order valence-corrected chi connectivity index (χ4v) is 13.7. The maximum absolute atomic E-state index is 13.1. The lowest BCUT2D eigenvalue weighted by atomic mass is 9.99. The Labute approximate surface area is 600 Å². The van der Waals surface area contributed by atoms with Gasteiger partial charge in [0.1, 0.15) is 19.3 Å². The van der Waals surface area contributed by atoms with Crippen LogP contribution in [0.25, 0.3) is 0 Å². The summed E-state index contributed by atoms with van der Waals surface area (Å²) in [4.78, 5) is 72.9. The van der Waals surface area contributed by atoms with Gasteiger partial charge in [0.25, 0.3) is 0 Å². The van der Waals surface area contributed by atoms with E-state index < -0.39 is 97.5 Å². The van der Waals surface area contributed by atoms with Gasteiger partial charge in [-0.3, -0.25) is 37.3 Å². The van der Waals surface area contributed by atoms with Gasteiger partial charge in [-0.2, -0.15) is 0 Å². The molecule has 0 saturated heterocycles. The molecule has 0 aliphatic rings. The highest BCUT2D eigenvalue weighted by Crippen LogP contribution is 2.45. The molecule has 0 radical (unpaired) electrons. The lowest BCUT2D eigenvalue weighted by molar-refractivity contribution is -0.161. The van der Waals surface area contributed by atoms with Crippen LogP contribution in [0, 0.1) is 17.8 Å². The van der Waals surface area contributed by atoms with Gasteiger partial charge in [0, 0.05) is 25.7 Å². The van der Waals surface area contributed by atoms with Gasteiger partial charge in [-0.15, -0.1) is 0 Å². The molecule has 0 rings (SSSR count). The number of ether oxygens (including phenoxy) is 4. The Bertz CT molecular complexity index is 1910. The summed E-state index contributed by atoms with van der Waals surface area (Å²) in [5.41, 5.74) is 0. The second-order valence-electron chi connectivity index (χ2n) is 29.6. The molecule has 3 N–H and O–H groups in total. The molecule has 0 fully saturated rings. The van der Waals surface area contributed by atoms with Gasteiger partial charge in [-0.1, -0.05) is 357 Å². The summed E-state index contributed by atoms with van der Waals surface area (Å²) < 4.78 is 68.6. The molecule has 6 atom stereocenters. The third kappa shape index (κ3) is 71.1. The van der Waals surface area contributed by atoms with Crippen molar-refractivity contribution in [2.45, 2.75) is 426 Å². The highest BCUT2D eigenvalue weighted by molar-refractivity contribution is 7.47. The first-order chi connectivity index (χ1) is 47.3. The number of phosphoric ester groups is 2. The number of aliphatic hydroxyl groups is 1. The lowest BCUT2D eigenvalue weighted by Gasteiger charge is -2.21. The van der Waals surface area contributed by atoms with Gasteiger partial charge >= 0.3 is 39.5 Å². The van der Waals surface area contributed by atoms with Gasteiger partial charge in [0.2, 0.25) is 0 Å². The molecule has 0 aliphatic heterocycles. The maximum Gasteiger partial charge on any atom is 0.472 e. The van der Waals surface area contributed by atoms with Crippen molar-refractivity contribution in [2.24, 2.45) is 17.8 Å². The Kier molecular flexibility index (Phi) is 68.1. The first kappa shape index (κ1) is 96.1. The van der Waals surface area contributed by atoms with Crippen molar-refractivity contribution < 1.29 is 80.2 Å². The van der Waals surface area contributed by atoms with E-state index in [1.807, 2.05) is 0 Å². The van der Waals surface area contributed by atoms with Crippen molar-refractivity contribution in [1.29, 1.82) is 0 Å². The molecule has 0 saturated carbocycles. The molecule has 0 aromatic carbocycles.